The summed E-state index contributed by atoms with van der Waals surface area (Å²) in [7, 11) is -1.83. The number of amides is 1. The number of aromatic nitrogens is 1. The van der Waals surface area contributed by atoms with Gasteiger partial charge in [-0.25, -0.2) is 0 Å². The summed E-state index contributed by atoms with van der Waals surface area (Å²) >= 11 is 0. The van der Waals surface area contributed by atoms with Crippen LogP contribution in [-0.2, 0) is 11.0 Å². The third-order valence-corrected chi connectivity index (χ3v) is 12.3. The summed E-state index contributed by atoms with van der Waals surface area (Å²) in [4.78, 5) is 17.9. The summed E-state index contributed by atoms with van der Waals surface area (Å²) in [6.07, 6.45) is 4.06. The van der Waals surface area contributed by atoms with Crippen molar-refractivity contribution in [1.29, 1.82) is 5.26 Å². The van der Waals surface area contributed by atoms with Crippen LogP contribution in [0.3, 0.4) is 0 Å². The smallest absolute Gasteiger partial charge is 0.256 e. The summed E-state index contributed by atoms with van der Waals surface area (Å²) in [6, 6.07) is 20.1. The van der Waals surface area contributed by atoms with Crippen molar-refractivity contribution in [2.45, 2.75) is 45.4 Å². The molecule has 1 aromatic heterocycles. The second-order valence-electron chi connectivity index (χ2n) is 11.2. The van der Waals surface area contributed by atoms with E-state index in [1.165, 1.54) is 0 Å². The Kier molecular flexibility index (Phi) is 7.91. The van der Waals surface area contributed by atoms with Gasteiger partial charge in [0.25, 0.3) is 5.91 Å². The van der Waals surface area contributed by atoms with Crippen molar-refractivity contribution < 1.29 is 9.22 Å². The number of hydrogen-bond donors (Lipinski definition) is 0. The van der Waals surface area contributed by atoms with Gasteiger partial charge >= 0.3 is 0 Å². The van der Waals surface area contributed by atoms with Gasteiger partial charge in [0, 0.05) is 50.7 Å². The molecular formula is C30H38N4O2Si. The van der Waals surface area contributed by atoms with Crippen molar-refractivity contribution in [2.24, 2.45) is 0 Å². The first-order valence-corrected chi connectivity index (χ1v) is 15.9. The van der Waals surface area contributed by atoms with Crippen LogP contribution in [0.5, 0.6) is 0 Å². The normalized spacial score (nSPS) is 14.5. The minimum absolute atomic E-state index is 0.0520. The van der Waals surface area contributed by atoms with Crippen LogP contribution < -0.4 is 4.90 Å². The fraction of sp³-hybridized carbons (Fsp3) is 0.400. The number of para-hydroxylation sites is 1. The number of anilines is 1. The lowest BCUT2D eigenvalue weighted by Crippen LogP contribution is -2.49. The molecule has 2 heterocycles. The second-order valence-corrected chi connectivity index (χ2v) is 16.0. The van der Waals surface area contributed by atoms with Gasteiger partial charge < -0.3 is 18.8 Å². The summed E-state index contributed by atoms with van der Waals surface area (Å²) in [5.41, 5.74) is 4.33. The minimum Gasteiger partial charge on any atom is -0.415 e. The Morgan fingerprint density at radius 3 is 2.27 bits per heavy atom. The molecule has 0 aliphatic carbocycles. The number of benzene rings is 2. The average Bonchev–Trinajstić information content (AvgIpc) is 3.32. The van der Waals surface area contributed by atoms with E-state index in [9.17, 15) is 10.1 Å². The largest absolute Gasteiger partial charge is 0.415 e. The maximum Gasteiger partial charge on any atom is 0.256 e. The zero-order chi connectivity index (χ0) is 26.6. The van der Waals surface area contributed by atoms with Crippen LogP contribution in [-0.4, -0.2) is 56.5 Å². The third-order valence-electron chi connectivity index (χ3n) is 7.75. The number of piperazine rings is 1. The molecule has 1 aliphatic rings. The Morgan fingerprint density at radius 1 is 0.973 bits per heavy atom. The summed E-state index contributed by atoms with van der Waals surface area (Å²) in [5, 5.41) is 9.64. The van der Waals surface area contributed by atoms with Crippen molar-refractivity contribution in [1.82, 2.24) is 9.47 Å². The van der Waals surface area contributed by atoms with E-state index in [2.05, 4.69) is 67.7 Å². The highest BCUT2D eigenvalue weighted by molar-refractivity contribution is 6.74. The molecule has 1 aliphatic heterocycles. The molecule has 0 atom stereocenters. The number of carbonyl (C=O) groups is 1. The number of nitrogens with zero attached hydrogens (tertiary/aromatic N) is 4. The molecular weight excluding hydrogens is 476 g/mol. The van der Waals surface area contributed by atoms with Crippen LogP contribution in [0.4, 0.5) is 5.69 Å². The monoisotopic (exact) mass is 514 g/mol. The lowest BCUT2D eigenvalue weighted by atomic mass is 10.0. The molecule has 3 aromatic rings. The van der Waals surface area contributed by atoms with E-state index in [1.807, 2.05) is 53.6 Å². The molecule has 2 aromatic carbocycles. The van der Waals surface area contributed by atoms with Gasteiger partial charge in [-0.3, -0.25) is 4.79 Å². The molecule has 194 valence electrons. The second kappa shape index (κ2) is 11.0. The molecule has 0 spiro atoms. The van der Waals surface area contributed by atoms with Crippen molar-refractivity contribution in [3.63, 3.8) is 0 Å². The van der Waals surface area contributed by atoms with Crippen LogP contribution in [0.15, 0.2) is 67.0 Å². The molecule has 1 amide bonds. The number of nitriles is 1. The Balaban J connectivity index is 1.50. The van der Waals surface area contributed by atoms with Crippen molar-refractivity contribution in [3.8, 4) is 17.2 Å². The van der Waals surface area contributed by atoms with Crippen LogP contribution in [0.2, 0.25) is 18.1 Å². The van der Waals surface area contributed by atoms with Crippen LogP contribution in [0.25, 0.3) is 11.1 Å². The molecule has 4 rings (SSSR count). The quantitative estimate of drug-likeness (QED) is 0.362. The molecule has 1 saturated heterocycles. The zero-order valence-electron chi connectivity index (χ0n) is 22.7. The highest BCUT2D eigenvalue weighted by atomic mass is 28.4. The first-order valence-electron chi connectivity index (χ1n) is 13.0. The summed E-state index contributed by atoms with van der Waals surface area (Å²) in [6.45, 7) is 15.2. The van der Waals surface area contributed by atoms with Gasteiger partial charge in [-0.2, -0.15) is 5.26 Å². The van der Waals surface area contributed by atoms with Gasteiger partial charge in [0.15, 0.2) is 8.32 Å². The van der Waals surface area contributed by atoms with Crippen molar-refractivity contribution in [2.75, 3.05) is 37.7 Å². The minimum atomic E-state index is -1.83. The molecule has 6 nitrogen and oxygen atoms in total. The topological polar surface area (TPSA) is 61.5 Å². The Bertz CT molecular complexity index is 1260. The molecule has 0 N–H and O–H groups in total. The first-order chi connectivity index (χ1) is 17.6. The zero-order valence-corrected chi connectivity index (χ0v) is 23.7. The maximum absolute atomic E-state index is 13.8. The van der Waals surface area contributed by atoms with E-state index >= 15 is 0 Å². The van der Waals surface area contributed by atoms with Crippen LogP contribution in [0.1, 0.15) is 36.7 Å². The van der Waals surface area contributed by atoms with E-state index in [0.717, 1.165) is 22.4 Å². The molecule has 0 bridgehead atoms. The van der Waals surface area contributed by atoms with Gasteiger partial charge in [0.2, 0.25) is 0 Å². The van der Waals surface area contributed by atoms with Crippen molar-refractivity contribution >= 4 is 19.9 Å². The first kappa shape index (κ1) is 26.7. The number of hydrogen-bond acceptors (Lipinski definition) is 4. The highest BCUT2D eigenvalue weighted by Crippen LogP contribution is 2.36. The van der Waals surface area contributed by atoms with Crippen LogP contribution in [0, 0.1) is 11.3 Å². The van der Waals surface area contributed by atoms with Gasteiger partial charge in [-0.15, -0.1) is 0 Å². The third kappa shape index (κ3) is 5.98. The Labute approximate surface area is 222 Å². The lowest BCUT2D eigenvalue weighted by Gasteiger charge is -2.36. The Morgan fingerprint density at radius 2 is 1.62 bits per heavy atom. The standard InChI is InChI=1S/C30H38N4O2Si/c1-30(2,3)37(4,5)36-20-19-32-22-26(24-11-7-6-8-12-24)27(23-32)29(35)34-17-15-33(16-18-34)28-14-10-9-13-25(28)21-31/h6-14,22-23H,15-20H2,1-5H3. The SMILES string of the molecule is CC(C)(C)[Si](C)(C)OCCn1cc(C(=O)N2CCN(c3ccccc3C#N)CC2)c(-c2ccccc2)c1. The molecule has 7 heteroatoms. The predicted octanol–water partition coefficient (Wildman–Crippen LogP) is 6.01. The van der Waals surface area contributed by atoms with Crippen LogP contribution >= 0.6 is 0 Å². The van der Waals surface area contributed by atoms with Gasteiger partial charge in [0.1, 0.15) is 6.07 Å². The number of carbonyl (C=O) groups excluding carboxylic acids is 1. The van der Waals surface area contributed by atoms with E-state index in [1.54, 1.807) is 0 Å². The fourth-order valence-corrected chi connectivity index (χ4v) is 5.48. The van der Waals surface area contributed by atoms with E-state index in [-0.39, 0.29) is 10.9 Å². The van der Waals surface area contributed by atoms with E-state index in [0.29, 0.717) is 44.9 Å². The molecule has 37 heavy (non-hydrogen) atoms. The predicted molar refractivity (Wildman–Crippen MR) is 152 cm³/mol. The fourth-order valence-electron chi connectivity index (χ4n) is 4.44. The lowest BCUT2D eigenvalue weighted by molar-refractivity contribution is 0.0747. The van der Waals surface area contributed by atoms with Gasteiger partial charge in [0.05, 0.1) is 23.4 Å². The van der Waals surface area contributed by atoms with Crippen molar-refractivity contribution in [3.05, 3.63) is 78.1 Å². The molecule has 0 radical (unpaired) electrons. The molecule has 1 fully saturated rings. The number of rotatable bonds is 7. The summed E-state index contributed by atoms with van der Waals surface area (Å²) in [5.74, 6) is 0.0520. The highest BCUT2D eigenvalue weighted by Gasteiger charge is 2.37. The molecule has 0 unspecified atom stereocenters. The summed E-state index contributed by atoms with van der Waals surface area (Å²) < 4.78 is 8.50. The average molecular weight is 515 g/mol. The van der Waals surface area contributed by atoms with E-state index in [4.69, 9.17) is 4.43 Å². The Hall–Kier alpha value is -3.34. The van der Waals surface area contributed by atoms with Gasteiger partial charge in [-0.05, 0) is 35.8 Å². The van der Waals surface area contributed by atoms with Gasteiger partial charge in [-0.1, -0.05) is 63.2 Å². The van der Waals surface area contributed by atoms with E-state index < -0.39 is 8.32 Å². The maximum atomic E-state index is 13.8. The molecule has 0 saturated carbocycles.